The maximum atomic E-state index is 12.8. The summed E-state index contributed by atoms with van der Waals surface area (Å²) in [5, 5.41) is 5.16. The van der Waals surface area contributed by atoms with Crippen LogP contribution in [-0.2, 0) is 11.3 Å². The molecule has 0 unspecified atom stereocenters. The first-order valence-corrected chi connectivity index (χ1v) is 11.3. The summed E-state index contributed by atoms with van der Waals surface area (Å²) in [6, 6.07) is 6.24. The van der Waals surface area contributed by atoms with Crippen molar-refractivity contribution in [1.82, 2.24) is 20.1 Å². The van der Waals surface area contributed by atoms with Gasteiger partial charge in [-0.1, -0.05) is 25.0 Å². The molecule has 1 saturated heterocycles. The predicted octanol–water partition coefficient (Wildman–Crippen LogP) is 2.95. The molecular formula is C23H34N4O2S. The Morgan fingerprint density at radius 1 is 1.27 bits per heavy atom. The fourth-order valence-electron chi connectivity index (χ4n) is 3.88. The van der Waals surface area contributed by atoms with Gasteiger partial charge >= 0.3 is 0 Å². The SMILES string of the molecule is CCCCNC(=S)N(CCN1CCOCC1)Cc1cc2cc(C)cc(C)c2[nH]c1=O. The Balaban J connectivity index is 1.79. The van der Waals surface area contributed by atoms with Gasteiger partial charge in [0.1, 0.15) is 0 Å². The molecule has 0 atom stereocenters. The molecule has 1 aliphatic heterocycles. The first kappa shape index (κ1) is 22.7. The van der Waals surface area contributed by atoms with Crippen LogP contribution in [0.4, 0.5) is 0 Å². The van der Waals surface area contributed by atoms with Crippen LogP contribution in [0.3, 0.4) is 0 Å². The zero-order valence-electron chi connectivity index (χ0n) is 18.4. The number of morpholine rings is 1. The zero-order chi connectivity index (χ0) is 21.5. The van der Waals surface area contributed by atoms with Gasteiger partial charge in [0.2, 0.25) is 0 Å². The Morgan fingerprint density at radius 2 is 2.03 bits per heavy atom. The second kappa shape index (κ2) is 10.9. The number of aryl methyl sites for hydroxylation is 2. The summed E-state index contributed by atoms with van der Waals surface area (Å²) in [7, 11) is 0. The molecule has 2 N–H and O–H groups in total. The summed E-state index contributed by atoms with van der Waals surface area (Å²) < 4.78 is 5.45. The van der Waals surface area contributed by atoms with Gasteiger partial charge in [0.15, 0.2) is 5.11 Å². The molecular weight excluding hydrogens is 396 g/mol. The number of aromatic amines is 1. The predicted molar refractivity (Wildman–Crippen MR) is 127 cm³/mol. The van der Waals surface area contributed by atoms with Gasteiger partial charge < -0.3 is 19.9 Å². The molecule has 1 aromatic carbocycles. The number of unbranched alkanes of at least 4 members (excludes halogenated alkanes) is 1. The molecule has 164 valence electrons. The number of ether oxygens (including phenoxy) is 1. The summed E-state index contributed by atoms with van der Waals surface area (Å²) in [4.78, 5) is 20.4. The second-order valence-electron chi connectivity index (χ2n) is 8.13. The number of H-pyrrole nitrogens is 1. The number of thiocarbonyl (C=S) groups is 1. The van der Waals surface area contributed by atoms with Crippen molar-refractivity contribution in [3.05, 3.63) is 45.2 Å². The third kappa shape index (κ3) is 6.03. The van der Waals surface area contributed by atoms with Crippen molar-refractivity contribution in [3.63, 3.8) is 0 Å². The van der Waals surface area contributed by atoms with Gasteiger partial charge in [0, 0.05) is 38.3 Å². The third-order valence-electron chi connectivity index (χ3n) is 5.62. The zero-order valence-corrected chi connectivity index (χ0v) is 19.2. The van der Waals surface area contributed by atoms with Crippen molar-refractivity contribution in [2.24, 2.45) is 0 Å². The van der Waals surface area contributed by atoms with Crippen LogP contribution in [0.5, 0.6) is 0 Å². The van der Waals surface area contributed by atoms with Crippen molar-refractivity contribution in [3.8, 4) is 0 Å². The van der Waals surface area contributed by atoms with Crippen molar-refractivity contribution in [2.45, 2.75) is 40.2 Å². The minimum atomic E-state index is -0.0396. The van der Waals surface area contributed by atoms with Crippen molar-refractivity contribution >= 4 is 28.2 Å². The van der Waals surface area contributed by atoms with Crippen molar-refractivity contribution in [1.29, 1.82) is 0 Å². The Labute approximate surface area is 184 Å². The Hall–Kier alpha value is -1.96. The van der Waals surface area contributed by atoms with E-state index in [4.69, 9.17) is 17.0 Å². The molecule has 3 rings (SSSR count). The van der Waals surface area contributed by atoms with E-state index in [2.05, 4.69) is 46.1 Å². The average Bonchev–Trinajstić information content (AvgIpc) is 2.73. The lowest BCUT2D eigenvalue weighted by molar-refractivity contribution is 0.0357. The van der Waals surface area contributed by atoms with Crippen LogP contribution in [0.2, 0.25) is 0 Å². The largest absolute Gasteiger partial charge is 0.379 e. The first-order chi connectivity index (χ1) is 14.5. The van der Waals surface area contributed by atoms with Gasteiger partial charge in [-0.05, 0) is 55.6 Å². The topological polar surface area (TPSA) is 60.6 Å². The van der Waals surface area contributed by atoms with E-state index in [0.29, 0.717) is 6.54 Å². The van der Waals surface area contributed by atoms with Crippen molar-refractivity contribution in [2.75, 3.05) is 45.9 Å². The molecule has 0 radical (unpaired) electrons. The van der Waals surface area contributed by atoms with Gasteiger partial charge in [-0.15, -0.1) is 0 Å². The minimum absolute atomic E-state index is 0.0396. The lowest BCUT2D eigenvalue weighted by atomic mass is 10.1. The standard InChI is InChI=1S/C23H34N4O2S/c1-4-5-6-24-23(30)27(8-7-26-9-11-29-12-10-26)16-20-15-19-14-17(2)13-18(3)21(19)25-22(20)28/h13-15H,4-12,16H2,1-3H3,(H,24,30)(H,25,28). The molecule has 0 spiro atoms. The summed E-state index contributed by atoms with van der Waals surface area (Å²) in [6.45, 7) is 12.8. The molecule has 30 heavy (non-hydrogen) atoms. The molecule has 0 saturated carbocycles. The molecule has 0 amide bonds. The Kier molecular flexibility index (Phi) is 8.24. The van der Waals surface area contributed by atoms with E-state index >= 15 is 0 Å². The number of nitrogens with one attached hydrogen (secondary N) is 2. The molecule has 2 aromatic rings. The van der Waals surface area contributed by atoms with E-state index < -0.39 is 0 Å². The smallest absolute Gasteiger partial charge is 0.253 e. The van der Waals surface area contributed by atoms with Crippen LogP contribution in [-0.4, -0.2) is 65.8 Å². The van der Waals surface area contributed by atoms with Crippen molar-refractivity contribution < 1.29 is 4.74 Å². The lowest BCUT2D eigenvalue weighted by Gasteiger charge is -2.31. The Morgan fingerprint density at radius 3 is 2.77 bits per heavy atom. The number of hydrogen-bond acceptors (Lipinski definition) is 4. The third-order valence-corrected chi connectivity index (χ3v) is 6.02. The normalized spacial score (nSPS) is 14.8. The highest BCUT2D eigenvalue weighted by Crippen LogP contribution is 2.18. The van der Waals surface area contributed by atoms with Gasteiger partial charge in [0.25, 0.3) is 5.56 Å². The maximum Gasteiger partial charge on any atom is 0.253 e. The minimum Gasteiger partial charge on any atom is -0.379 e. The number of fused-ring (bicyclic) bond motifs is 1. The number of nitrogens with zero attached hydrogens (tertiary/aromatic N) is 2. The van der Waals surface area contributed by atoms with Gasteiger partial charge in [-0.3, -0.25) is 9.69 Å². The summed E-state index contributed by atoms with van der Waals surface area (Å²) >= 11 is 5.69. The van der Waals surface area contributed by atoms with E-state index in [1.807, 2.05) is 13.0 Å². The summed E-state index contributed by atoms with van der Waals surface area (Å²) in [5.41, 5.74) is 3.91. The molecule has 6 nitrogen and oxygen atoms in total. The Bertz CT molecular complexity index is 921. The van der Waals surface area contributed by atoms with E-state index in [-0.39, 0.29) is 5.56 Å². The molecule has 1 aromatic heterocycles. The molecule has 2 heterocycles. The maximum absolute atomic E-state index is 12.8. The van der Waals surface area contributed by atoms with Crippen LogP contribution in [0.15, 0.2) is 23.0 Å². The van der Waals surface area contributed by atoms with Gasteiger partial charge in [0.05, 0.1) is 25.3 Å². The number of rotatable bonds is 8. The van der Waals surface area contributed by atoms with E-state index in [0.717, 1.165) is 85.9 Å². The highest BCUT2D eigenvalue weighted by atomic mass is 32.1. The van der Waals surface area contributed by atoms with Crippen LogP contribution >= 0.6 is 12.2 Å². The lowest BCUT2D eigenvalue weighted by Crippen LogP contribution is -2.46. The average molecular weight is 431 g/mol. The summed E-state index contributed by atoms with van der Waals surface area (Å²) in [5.74, 6) is 0. The first-order valence-electron chi connectivity index (χ1n) is 10.9. The summed E-state index contributed by atoms with van der Waals surface area (Å²) in [6.07, 6.45) is 2.19. The fourth-order valence-corrected chi connectivity index (χ4v) is 4.14. The van der Waals surface area contributed by atoms with Crippen LogP contribution in [0.25, 0.3) is 10.9 Å². The highest BCUT2D eigenvalue weighted by molar-refractivity contribution is 7.80. The second-order valence-corrected chi connectivity index (χ2v) is 8.52. The van der Waals surface area contributed by atoms with Gasteiger partial charge in [-0.2, -0.15) is 0 Å². The van der Waals surface area contributed by atoms with E-state index in [1.54, 1.807) is 0 Å². The fraction of sp³-hybridized carbons (Fsp3) is 0.565. The molecule has 0 aliphatic carbocycles. The number of hydrogen-bond donors (Lipinski definition) is 2. The number of pyridine rings is 1. The number of benzene rings is 1. The molecule has 0 bridgehead atoms. The van der Waals surface area contributed by atoms with Crippen LogP contribution in [0.1, 0.15) is 36.5 Å². The molecule has 1 fully saturated rings. The monoisotopic (exact) mass is 430 g/mol. The van der Waals surface area contributed by atoms with Crippen LogP contribution < -0.4 is 10.9 Å². The van der Waals surface area contributed by atoms with E-state index in [1.165, 1.54) is 5.56 Å². The molecule has 1 aliphatic rings. The highest BCUT2D eigenvalue weighted by Gasteiger charge is 2.17. The van der Waals surface area contributed by atoms with E-state index in [9.17, 15) is 4.79 Å². The quantitative estimate of drug-likeness (QED) is 0.496. The van der Waals surface area contributed by atoms with Crippen LogP contribution in [0, 0.1) is 13.8 Å². The van der Waals surface area contributed by atoms with Gasteiger partial charge in [-0.25, -0.2) is 0 Å². The molecule has 7 heteroatoms. The number of aromatic nitrogens is 1.